The van der Waals surface area contributed by atoms with Crippen molar-refractivity contribution in [2.24, 2.45) is 0 Å². The smallest absolute Gasteiger partial charge is 0.303 e. The molecule has 0 aromatic heterocycles. The number of esters is 2. The normalized spacial score (nSPS) is 34.9. The molecule has 1 aliphatic rings. The highest BCUT2D eigenvalue weighted by atomic mass is 16.7. The Morgan fingerprint density at radius 3 is 2.07 bits per heavy atom. The summed E-state index contributed by atoms with van der Waals surface area (Å²) in [6.45, 7) is 4.07. The second-order valence-electron chi connectivity index (χ2n) is 3.38. The van der Waals surface area contributed by atoms with Crippen molar-refractivity contribution in [3.63, 3.8) is 0 Å². The molecule has 6 heteroatoms. The van der Waals surface area contributed by atoms with Crippen LogP contribution in [0.25, 0.3) is 0 Å². The number of aliphatic hydroxyl groups excluding tert-OH is 1. The maximum Gasteiger partial charge on any atom is 0.303 e. The quantitative estimate of drug-likeness (QED) is 0.634. The fourth-order valence-corrected chi connectivity index (χ4v) is 1.48. The minimum absolute atomic E-state index is 0.506. The van der Waals surface area contributed by atoms with E-state index in [4.69, 9.17) is 14.2 Å². The number of carbonyl (C=O) groups is 2. The molecule has 86 valence electrons. The molecule has 0 aromatic rings. The third-order valence-electron chi connectivity index (χ3n) is 2.03. The van der Waals surface area contributed by atoms with Gasteiger partial charge in [-0.15, -0.1) is 0 Å². The highest BCUT2D eigenvalue weighted by Gasteiger charge is 2.46. The van der Waals surface area contributed by atoms with Crippen LogP contribution in [0.4, 0.5) is 0 Å². The molecule has 0 aromatic carbocycles. The van der Waals surface area contributed by atoms with Crippen LogP contribution in [0.5, 0.6) is 0 Å². The molecule has 0 saturated carbocycles. The van der Waals surface area contributed by atoms with Crippen LogP contribution in [0, 0.1) is 0 Å². The van der Waals surface area contributed by atoms with Crippen LogP contribution in [0.3, 0.4) is 0 Å². The van der Waals surface area contributed by atoms with E-state index in [2.05, 4.69) is 0 Å². The van der Waals surface area contributed by atoms with E-state index in [0.717, 1.165) is 0 Å². The van der Waals surface area contributed by atoms with E-state index in [-0.39, 0.29) is 0 Å². The van der Waals surface area contributed by atoms with Gasteiger partial charge in [0, 0.05) is 13.8 Å². The minimum atomic E-state index is -1.26. The molecule has 15 heavy (non-hydrogen) atoms. The minimum Gasteiger partial charge on any atom is -0.456 e. The predicted octanol–water partition coefficient (Wildman–Crippen LogP) is -0.413. The molecule has 0 amide bonds. The summed E-state index contributed by atoms with van der Waals surface area (Å²) in [7, 11) is 0. The number of hydrogen-bond acceptors (Lipinski definition) is 6. The van der Waals surface area contributed by atoms with Crippen LogP contribution in [-0.2, 0) is 23.8 Å². The summed E-state index contributed by atoms with van der Waals surface area (Å²) < 4.78 is 14.7. The number of aliphatic hydroxyl groups is 1. The summed E-state index contributed by atoms with van der Waals surface area (Å²) >= 11 is 0. The summed E-state index contributed by atoms with van der Waals surface area (Å²) in [6, 6.07) is 0. The Morgan fingerprint density at radius 2 is 1.60 bits per heavy atom. The SMILES string of the molecule is CC(=O)OC1[C@H](O)O[C@H](C)[C@@H]1OC(C)=O. The Morgan fingerprint density at radius 1 is 1.13 bits per heavy atom. The van der Waals surface area contributed by atoms with Gasteiger partial charge in [-0.2, -0.15) is 0 Å². The number of rotatable bonds is 2. The maximum atomic E-state index is 10.8. The Labute approximate surface area is 87.1 Å². The number of ether oxygens (including phenoxy) is 3. The van der Waals surface area contributed by atoms with Crippen LogP contribution < -0.4 is 0 Å². The second-order valence-corrected chi connectivity index (χ2v) is 3.38. The third kappa shape index (κ3) is 2.90. The fourth-order valence-electron chi connectivity index (χ4n) is 1.48. The van der Waals surface area contributed by atoms with E-state index in [1.54, 1.807) is 6.92 Å². The summed E-state index contributed by atoms with van der Waals surface area (Å²) in [5.74, 6) is -1.07. The van der Waals surface area contributed by atoms with Gasteiger partial charge in [-0.1, -0.05) is 0 Å². The van der Waals surface area contributed by atoms with E-state index < -0.39 is 36.5 Å². The molecule has 1 fully saturated rings. The summed E-state index contributed by atoms with van der Waals surface area (Å²) in [5.41, 5.74) is 0. The zero-order chi connectivity index (χ0) is 11.6. The molecular formula is C9H14O6. The molecule has 1 saturated heterocycles. The molecule has 0 spiro atoms. The average Bonchev–Trinajstić information content (AvgIpc) is 2.30. The molecule has 0 aliphatic carbocycles. The van der Waals surface area contributed by atoms with Gasteiger partial charge in [0.05, 0.1) is 6.10 Å². The topological polar surface area (TPSA) is 82.1 Å². The van der Waals surface area contributed by atoms with Crippen molar-refractivity contribution >= 4 is 11.9 Å². The highest BCUT2D eigenvalue weighted by molar-refractivity contribution is 5.67. The molecule has 6 nitrogen and oxygen atoms in total. The van der Waals surface area contributed by atoms with Crippen molar-refractivity contribution in [1.82, 2.24) is 0 Å². The van der Waals surface area contributed by atoms with E-state index in [1.807, 2.05) is 0 Å². The van der Waals surface area contributed by atoms with Gasteiger partial charge in [0.2, 0.25) is 0 Å². The first-order chi connectivity index (χ1) is 6.91. The third-order valence-corrected chi connectivity index (χ3v) is 2.03. The number of carbonyl (C=O) groups excluding carboxylic acids is 2. The van der Waals surface area contributed by atoms with Gasteiger partial charge < -0.3 is 19.3 Å². The summed E-state index contributed by atoms with van der Waals surface area (Å²) in [5, 5.41) is 9.40. The molecule has 1 heterocycles. The lowest BCUT2D eigenvalue weighted by molar-refractivity contribution is -0.174. The first kappa shape index (κ1) is 11.9. The van der Waals surface area contributed by atoms with Gasteiger partial charge in [-0.25, -0.2) is 0 Å². The van der Waals surface area contributed by atoms with Crippen LogP contribution in [0.1, 0.15) is 20.8 Å². The van der Waals surface area contributed by atoms with Crippen molar-refractivity contribution < 1.29 is 28.9 Å². The van der Waals surface area contributed by atoms with Crippen LogP contribution in [0.2, 0.25) is 0 Å². The zero-order valence-corrected chi connectivity index (χ0v) is 8.80. The second kappa shape index (κ2) is 4.59. The Balaban J connectivity index is 2.70. The van der Waals surface area contributed by atoms with Gasteiger partial charge in [-0.3, -0.25) is 9.59 Å². The van der Waals surface area contributed by atoms with Gasteiger partial charge >= 0.3 is 11.9 Å². The van der Waals surface area contributed by atoms with E-state index in [0.29, 0.717) is 0 Å². The van der Waals surface area contributed by atoms with E-state index in [1.165, 1.54) is 13.8 Å². The van der Waals surface area contributed by atoms with Gasteiger partial charge in [-0.05, 0) is 6.92 Å². The van der Waals surface area contributed by atoms with Crippen LogP contribution in [0.15, 0.2) is 0 Å². The molecule has 1 N–H and O–H groups in total. The van der Waals surface area contributed by atoms with Gasteiger partial charge in [0.25, 0.3) is 0 Å². The predicted molar refractivity (Wildman–Crippen MR) is 47.7 cm³/mol. The lowest BCUT2D eigenvalue weighted by Gasteiger charge is -2.20. The molecule has 4 atom stereocenters. The van der Waals surface area contributed by atoms with Crippen molar-refractivity contribution in [2.45, 2.75) is 45.4 Å². The lowest BCUT2D eigenvalue weighted by Crippen LogP contribution is -2.39. The Hall–Kier alpha value is -1.14. The van der Waals surface area contributed by atoms with Gasteiger partial charge in [0.1, 0.15) is 0 Å². The van der Waals surface area contributed by atoms with Crippen LogP contribution >= 0.6 is 0 Å². The van der Waals surface area contributed by atoms with Crippen molar-refractivity contribution in [1.29, 1.82) is 0 Å². The standard InChI is InChI=1S/C9H14O6/c1-4-7(14-5(2)10)8(9(12)13-4)15-6(3)11/h4,7-9,12H,1-3H3/t4-,7+,8?,9-/m1/s1. The average molecular weight is 218 g/mol. The molecular weight excluding hydrogens is 204 g/mol. The van der Waals surface area contributed by atoms with E-state index in [9.17, 15) is 14.7 Å². The Bertz CT molecular complexity index is 237. The zero-order valence-electron chi connectivity index (χ0n) is 8.80. The summed E-state index contributed by atoms with van der Waals surface area (Å²) in [6.07, 6.45) is -3.48. The van der Waals surface area contributed by atoms with Crippen molar-refractivity contribution in [3.8, 4) is 0 Å². The van der Waals surface area contributed by atoms with E-state index >= 15 is 0 Å². The molecule has 0 radical (unpaired) electrons. The van der Waals surface area contributed by atoms with Gasteiger partial charge in [0.15, 0.2) is 18.5 Å². The largest absolute Gasteiger partial charge is 0.456 e. The number of hydrogen-bond donors (Lipinski definition) is 1. The first-order valence-corrected chi connectivity index (χ1v) is 4.59. The van der Waals surface area contributed by atoms with Crippen LogP contribution in [-0.4, -0.2) is 41.6 Å². The first-order valence-electron chi connectivity index (χ1n) is 4.59. The monoisotopic (exact) mass is 218 g/mol. The van der Waals surface area contributed by atoms with Crippen molar-refractivity contribution in [2.75, 3.05) is 0 Å². The molecule has 1 aliphatic heterocycles. The fraction of sp³-hybridized carbons (Fsp3) is 0.778. The molecule has 0 bridgehead atoms. The summed E-state index contributed by atoms with van der Waals surface area (Å²) in [4.78, 5) is 21.5. The van der Waals surface area contributed by atoms with Crippen molar-refractivity contribution in [3.05, 3.63) is 0 Å². The lowest BCUT2D eigenvalue weighted by atomic mass is 10.1. The highest BCUT2D eigenvalue weighted by Crippen LogP contribution is 2.25. The molecule has 1 unspecified atom stereocenters. The Kier molecular flexibility index (Phi) is 3.65. The maximum absolute atomic E-state index is 10.8. The molecule has 1 rings (SSSR count).